The summed E-state index contributed by atoms with van der Waals surface area (Å²) in [6.45, 7) is 0. The van der Waals surface area contributed by atoms with Crippen LogP contribution in [0.15, 0.2) is 234 Å². The molecule has 1 nitrogen and oxygen atoms in total. The zero-order valence-corrected chi connectivity index (χ0v) is 35.5. The summed E-state index contributed by atoms with van der Waals surface area (Å²) in [6.07, 6.45) is 4.88. The summed E-state index contributed by atoms with van der Waals surface area (Å²) >= 11 is 0. The molecule has 0 fully saturated rings. The van der Waals surface area contributed by atoms with Gasteiger partial charge < -0.3 is 4.90 Å². The fourth-order valence-electron chi connectivity index (χ4n) is 10.3. The zero-order valence-electron chi connectivity index (χ0n) is 34.7. The Hall–Kier alpha value is -7.39. The summed E-state index contributed by atoms with van der Waals surface area (Å²) < 4.78 is 0. The second-order valence-corrected chi connectivity index (χ2v) is 20.3. The van der Waals surface area contributed by atoms with Gasteiger partial charge in [-0.3, -0.25) is 0 Å². The first-order chi connectivity index (χ1) is 30.6. The van der Waals surface area contributed by atoms with E-state index in [9.17, 15) is 0 Å². The number of fused-ring (bicyclic) bond motifs is 6. The lowest BCUT2D eigenvalue weighted by molar-refractivity contribution is 1.16. The molecule has 11 aromatic carbocycles. The Morgan fingerprint density at radius 2 is 0.613 bits per heavy atom. The lowest BCUT2D eigenvalue weighted by Gasteiger charge is -2.45. The summed E-state index contributed by atoms with van der Waals surface area (Å²) in [5.41, 5.74) is 13.7. The molecule has 294 valence electrons. The standard InChI is InChI=1S/C60H43NS/c1-62(2)55-31-17-15-29-53(55)61(54-30-16-18-32-56(54)62)60-50-27-13-11-25-47(50)58(48-26-12-14-28-51(48)60)43-35-33-42(34-36-43)57-45-23-9-10-24-46(45)59(41-21-7-4-8-22-41)52-39-44(37-38-49(52)57)40-19-5-3-6-20-40/h3-39H,1-2H3. The van der Waals surface area contributed by atoms with Gasteiger partial charge in [-0.2, -0.15) is 10.0 Å². The molecule has 0 aliphatic carbocycles. The Morgan fingerprint density at radius 1 is 0.274 bits per heavy atom. The van der Waals surface area contributed by atoms with Crippen molar-refractivity contribution in [3.8, 4) is 44.5 Å². The molecule has 1 aliphatic rings. The monoisotopic (exact) mass is 809 g/mol. The van der Waals surface area contributed by atoms with Gasteiger partial charge in [0.1, 0.15) is 0 Å². The highest BCUT2D eigenvalue weighted by Crippen LogP contribution is 2.68. The van der Waals surface area contributed by atoms with Crippen LogP contribution in [0, 0.1) is 0 Å². The van der Waals surface area contributed by atoms with Crippen molar-refractivity contribution < 1.29 is 0 Å². The van der Waals surface area contributed by atoms with Crippen molar-refractivity contribution in [1.82, 2.24) is 0 Å². The van der Waals surface area contributed by atoms with Gasteiger partial charge in [-0.1, -0.05) is 194 Å². The van der Waals surface area contributed by atoms with Crippen molar-refractivity contribution in [3.63, 3.8) is 0 Å². The number of benzene rings is 11. The molecule has 2 heteroatoms. The van der Waals surface area contributed by atoms with Crippen LogP contribution in [-0.2, 0) is 0 Å². The molecule has 0 amide bonds. The number of rotatable bonds is 5. The second-order valence-electron chi connectivity index (χ2n) is 16.8. The fraction of sp³-hybridized carbons (Fsp3) is 0.0333. The van der Waals surface area contributed by atoms with Crippen LogP contribution >= 0.6 is 10.0 Å². The second kappa shape index (κ2) is 14.4. The van der Waals surface area contributed by atoms with Crippen molar-refractivity contribution in [1.29, 1.82) is 0 Å². The highest BCUT2D eigenvalue weighted by Gasteiger charge is 2.35. The van der Waals surface area contributed by atoms with E-state index in [-0.39, 0.29) is 0 Å². The first-order valence-electron chi connectivity index (χ1n) is 21.4. The maximum atomic E-state index is 2.55. The van der Waals surface area contributed by atoms with Crippen LogP contribution in [0.25, 0.3) is 87.6 Å². The average molecular weight is 810 g/mol. The van der Waals surface area contributed by atoms with E-state index in [4.69, 9.17) is 0 Å². The van der Waals surface area contributed by atoms with Gasteiger partial charge in [-0.05, 0) is 120 Å². The minimum Gasteiger partial charge on any atom is -0.307 e. The summed E-state index contributed by atoms with van der Waals surface area (Å²) in [6, 6.07) is 83.2. The van der Waals surface area contributed by atoms with Gasteiger partial charge in [0.15, 0.2) is 0 Å². The average Bonchev–Trinajstić information content (AvgIpc) is 3.33. The first kappa shape index (κ1) is 36.5. The van der Waals surface area contributed by atoms with Crippen molar-refractivity contribution in [2.45, 2.75) is 9.79 Å². The highest BCUT2D eigenvalue weighted by molar-refractivity contribution is 8.33. The molecule has 0 bridgehead atoms. The van der Waals surface area contributed by atoms with E-state index in [1.165, 1.54) is 114 Å². The van der Waals surface area contributed by atoms with E-state index in [2.05, 4.69) is 242 Å². The molecule has 1 aliphatic heterocycles. The van der Waals surface area contributed by atoms with Gasteiger partial charge >= 0.3 is 0 Å². The van der Waals surface area contributed by atoms with Crippen LogP contribution in [0.2, 0.25) is 0 Å². The summed E-state index contributed by atoms with van der Waals surface area (Å²) in [7, 11) is -1.23. The topological polar surface area (TPSA) is 3.24 Å². The van der Waals surface area contributed by atoms with Gasteiger partial charge in [-0.15, -0.1) is 0 Å². The van der Waals surface area contributed by atoms with Gasteiger partial charge in [-0.25, -0.2) is 0 Å². The van der Waals surface area contributed by atoms with Gasteiger partial charge in [0.05, 0.1) is 17.1 Å². The Labute approximate surface area is 364 Å². The van der Waals surface area contributed by atoms with Gasteiger partial charge in [0.25, 0.3) is 0 Å². The predicted molar refractivity (Wildman–Crippen MR) is 269 cm³/mol. The van der Waals surface area contributed by atoms with Crippen LogP contribution < -0.4 is 4.90 Å². The molecule has 11 aromatic rings. The van der Waals surface area contributed by atoms with E-state index in [1.807, 2.05) is 0 Å². The molecule has 1 heterocycles. The lowest BCUT2D eigenvalue weighted by Crippen LogP contribution is -2.20. The Balaban J connectivity index is 1.08. The van der Waals surface area contributed by atoms with Crippen molar-refractivity contribution >= 4 is 70.2 Å². The highest BCUT2D eigenvalue weighted by atomic mass is 32.3. The molecule has 0 atom stereocenters. The Bertz CT molecular complexity index is 3430. The van der Waals surface area contributed by atoms with E-state index >= 15 is 0 Å². The quantitative estimate of drug-likeness (QED) is 0.157. The van der Waals surface area contributed by atoms with Crippen LogP contribution in [0.3, 0.4) is 0 Å². The van der Waals surface area contributed by atoms with E-state index in [1.54, 1.807) is 0 Å². The van der Waals surface area contributed by atoms with Crippen LogP contribution in [0.4, 0.5) is 17.1 Å². The number of anilines is 3. The largest absolute Gasteiger partial charge is 0.307 e. The minimum atomic E-state index is -1.23. The van der Waals surface area contributed by atoms with Crippen molar-refractivity contribution in [3.05, 3.63) is 224 Å². The molecule has 12 rings (SSSR count). The molecule has 0 saturated carbocycles. The number of hydrogen-bond donors (Lipinski definition) is 0. The molecule has 62 heavy (non-hydrogen) atoms. The molecule has 0 N–H and O–H groups in total. The SMILES string of the molecule is CS1(C)c2ccccc2N(c2c3ccccc3c(-c3ccc(-c4c5ccccc5c(-c5ccccc5)c5cc(-c6ccccc6)ccc45)cc3)c3ccccc23)c2ccccc21. The minimum absolute atomic E-state index is 1.21. The maximum Gasteiger partial charge on any atom is 0.0619 e. The maximum absolute atomic E-state index is 2.55. The Morgan fingerprint density at radius 3 is 1.11 bits per heavy atom. The molecular formula is C60H43NS. The molecule has 0 unspecified atom stereocenters. The van der Waals surface area contributed by atoms with Crippen molar-refractivity contribution in [2.24, 2.45) is 0 Å². The van der Waals surface area contributed by atoms with E-state index < -0.39 is 10.0 Å². The summed E-state index contributed by atoms with van der Waals surface area (Å²) in [5.74, 6) is 0. The van der Waals surface area contributed by atoms with E-state index in [0.29, 0.717) is 0 Å². The normalized spacial score (nSPS) is 13.6. The lowest BCUT2D eigenvalue weighted by atomic mass is 9.84. The van der Waals surface area contributed by atoms with Crippen molar-refractivity contribution in [2.75, 3.05) is 17.4 Å². The van der Waals surface area contributed by atoms with Crippen LogP contribution in [0.1, 0.15) is 0 Å². The number of hydrogen-bond acceptors (Lipinski definition) is 1. The van der Waals surface area contributed by atoms with E-state index in [0.717, 1.165) is 0 Å². The smallest absolute Gasteiger partial charge is 0.0619 e. The summed E-state index contributed by atoms with van der Waals surface area (Å²) in [4.78, 5) is 5.39. The number of para-hydroxylation sites is 2. The third kappa shape index (κ3) is 5.57. The number of nitrogens with zero attached hydrogens (tertiary/aromatic N) is 1. The molecule has 0 spiro atoms. The van der Waals surface area contributed by atoms with Gasteiger partial charge in [0, 0.05) is 20.6 Å². The zero-order chi connectivity index (χ0) is 41.4. The Kier molecular flexibility index (Phi) is 8.45. The molecule has 0 radical (unpaired) electrons. The third-order valence-corrected chi connectivity index (χ3v) is 16.0. The molecular weight excluding hydrogens is 767 g/mol. The van der Waals surface area contributed by atoms with Crippen LogP contribution in [-0.4, -0.2) is 12.5 Å². The fourth-order valence-corrected chi connectivity index (χ4v) is 12.8. The first-order valence-corrected chi connectivity index (χ1v) is 23.9. The molecule has 0 saturated heterocycles. The van der Waals surface area contributed by atoms with Crippen LogP contribution in [0.5, 0.6) is 0 Å². The van der Waals surface area contributed by atoms with Gasteiger partial charge in [0.2, 0.25) is 0 Å². The third-order valence-electron chi connectivity index (χ3n) is 13.1. The predicted octanol–water partition coefficient (Wildman–Crippen LogP) is 17.2. The molecule has 0 aromatic heterocycles. The summed E-state index contributed by atoms with van der Waals surface area (Å²) in [5, 5.41) is 10.0.